The van der Waals surface area contributed by atoms with Crippen LogP contribution in [0.3, 0.4) is 0 Å². The third-order valence-corrected chi connectivity index (χ3v) is 9.35. The lowest BCUT2D eigenvalue weighted by atomic mass is 9.67. The van der Waals surface area contributed by atoms with Gasteiger partial charge in [-0.05, 0) is 106 Å². The Hall–Kier alpha value is -2.41. The number of hydrogen-bond donors (Lipinski definition) is 0. The SMILES string of the molecule is C=C(c1ccc(-c2ccc(CCC3CCN(CC4(C(F)(F)F)CCC4)CC3)cc2F)cc1F)N1CCCCC1. The van der Waals surface area contributed by atoms with Gasteiger partial charge in [0.25, 0.3) is 0 Å². The summed E-state index contributed by atoms with van der Waals surface area (Å²) in [5.74, 6) is -0.333. The molecule has 2 heterocycles. The maximum absolute atomic E-state index is 15.1. The summed E-state index contributed by atoms with van der Waals surface area (Å²) in [4.78, 5) is 4.11. The Kier molecular flexibility index (Phi) is 8.37. The van der Waals surface area contributed by atoms with E-state index in [1.807, 2.05) is 11.0 Å². The summed E-state index contributed by atoms with van der Waals surface area (Å²) in [7, 11) is 0. The van der Waals surface area contributed by atoms with Crippen molar-refractivity contribution < 1.29 is 22.0 Å². The number of piperidine rings is 2. The maximum Gasteiger partial charge on any atom is 0.395 e. The lowest BCUT2D eigenvalue weighted by Crippen LogP contribution is -2.53. The van der Waals surface area contributed by atoms with Gasteiger partial charge in [0.1, 0.15) is 11.6 Å². The van der Waals surface area contributed by atoms with Crippen molar-refractivity contribution in [2.75, 3.05) is 32.7 Å². The van der Waals surface area contributed by atoms with Gasteiger partial charge >= 0.3 is 6.18 Å². The molecule has 5 rings (SSSR count). The molecule has 0 N–H and O–H groups in total. The van der Waals surface area contributed by atoms with Gasteiger partial charge in [0, 0.05) is 36.5 Å². The van der Waals surface area contributed by atoms with Crippen LogP contribution in [0.1, 0.15) is 68.9 Å². The first-order valence-electron chi connectivity index (χ1n) is 14.5. The topological polar surface area (TPSA) is 6.48 Å². The summed E-state index contributed by atoms with van der Waals surface area (Å²) in [6.07, 6.45) is 3.77. The molecule has 2 aliphatic heterocycles. The van der Waals surface area contributed by atoms with Crippen LogP contribution in [0.4, 0.5) is 22.0 Å². The van der Waals surface area contributed by atoms with E-state index in [0.29, 0.717) is 47.8 Å². The van der Waals surface area contributed by atoms with Crippen molar-refractivity contribution >= 4 is 5.70 Å². The predicted octanol–water partition coefficient (Wildman–Crippen LogP) is 8.47. The zero-order valence-corrected chi connectivity index (χ0v) is 22.6. The number of benzene rings is 2. The van der Waals surface area contributed by atoms with Gasteiger partial charge in [0.15, 0.2) is 0 Å². The second-order valence-electron chi connectivity index (χ2n) is 11.9. The van der Waals surface area contributed by atoms with Crippen LogP contribution < -0.4 is 0 Å². The largest absolute Gasteiger partial charge is 0.395 e. The fourth-order valence-electron chi connectivity index (χ4n) is 6.57. The Morgan fingerprint density at radius 2 is 1.59 bits per heavy atom. The molecule has 0 atom stereocenters. The molecule has 2 saturated heterocycles. The van der Waals surface area contributed by atoms with Crippen LogP contribution in [0, 0.1) is 23.0 Å². The molecular weight excluding hydrogens is 507 g/mol. The third-order valence-electron chi connectivity index (χ3n) is 9.35. The first-order valence-corrected chi connectivity index (χ1v) is 14.5. The van der Waals surface area contributed by atoms with Crippen molar-refractivity contribution in [2.24, 2.45) is 11.3 Å². The van der Waals surface area contributed by atoms with E-state index in [9.17, 15) is 13.2 Å². The van der Waals surface area contributed by atoms with Gasteiger partial charge in [0.2, 0.25) is 0 Å². The predicted molar refractivity (Wildman–Crippen MR) is 146 cm³/mol. The van der Waals surface area contributed by atoms with Gasteiger partial charge in [-0.25, -0.2) is 8.78 Å². The minimum Gasteiger partial charge on any atom is -0.371 e. The molecule has 0 aromatic heterocycles. The van der Waals surface area contributed by atoms with E-state index in [0.717, 1.165) is 57.2 Å². The molecule has 0 bridgehead atoms. The molecule has 0 radical (unpaired) electrons. The zero-order chi connectivity index (χ0) is 27.6. The number of likely N-dealkylation sites (tertiary alicyclic amines) is 2. The van der Waals surface area contributed by atoms with Crippen molar-refractivity contribution in [1.29, 1.82) is 0 Å². The van der Waals surface area contributed by atoms with Gasteiger partial charge in [-0.15, -0.1) is 0 Å². The van der Waals surface area contributed by atoms with Gasteiger partial charge in [0.05, 0.1) is 5.41 Å². The molecule has 212 valence electrons. The van der Waals surface area contributed by atoms with Crippen LogP contribution in [0.5, 0.6) is 0 Å². The van der Waals surface area contributed by atoms with Crippen LogP contribution in [0.25, 0.3) is 16.8 Å². The highest BCUT2D eigenvalue weighted by atomic mass is 19.4. The summed E-state index contributed by atoms with van der Waals surface area (Å²) in [6, 6.07) is 10.00. The van der Waals surface area contributed by atoms with E-state index in [-0.39, 0.29) is 25.2 Å². The van der Waals surface area contributed by atoms with Crippen molar-refractivity contribution in [3.63, 3.8) is 0 Å². The molecule has 2 aromatic carbocycles. The summed E-state index contributed by atoms with van der Waals surface area (Å²) < 4.78 is 70.7. The van der Waals surface area contributed by atoms with Crippen molar-refractivity contribution in [3.05, 3.63) is 65.7 Å². The maximum atomic E-state index is 15.1. The standard InChI is InChI=1S/C32H39F5N2/c1-23(39-16-3-2-4-17-39)27-11-9-26(21-30(27)34)28-10-8-25(20-29(28)33)7-6-24-12-18-38(19-13-24)22-31(14-5-15-31)32(35,36)37/h8-11,20-21,24H,1-7,12-19,22H2. The first-order chi connectivity index (χ1) is 18.6. The average molecular weight is 547 g/mol. The monoisotopic (exact) mass is 546 g/mol. The number of rotatable bonds is 8. The molecule has 1 saturated carbocycles. The highest BCUT2D eigenvalue weighted by molar-refractivity contribution is 5.70. The molecule has 0 amide bonds. The Morgan fingerprint density at radius 3 is 2.18 bits per heavy atom. The quantitative estimate of drug-likeness (QED) is 0.307. The molecular formula is C32H39F5N2. The zero-order valence-electron chi connectivity index (χ0n) is 22.6. The average Bonchev–Trinajstić information content (AvgIpc) is 2.89. The lowest BCUT2D eigenvalue weighted by Gasteiger charge is -2.47. The van der Waals surface area contributed by atoms with Crippen LogP contribution >= 0.6 is 0 Å². The smallest absolute Gasteiger partial charge is 0.371 e. The Morgan fingerprint density at radius 1 is 0.872 bits per heavy atom. The molecule has 0 spiro atoms. The van der Waals surface area contributed by atoms with Crippen LogP contribution in [-0.4, -0.2) is 48.7 Å². The van der Waals surface area contributed by atoms with E-state index >= 15 is 8.78 Å². The van der Waals surface area contributed by atoms with E-state index in [2.05, 4.69) is 11.5 Å². The minimum atomic E-state index is -4.12. The number of alkyl halides is 3. The molecule has 3 aliphatic rings. The van der Waals surface area contributed by atoms with Crippen LogP contribution in [0.15, 0.2) is 43.0 Å². The van der Waals surface area contributed by atoms with E-state index < -0.39 is 17.4 Å². The van der Waals surface area contributed by atoms with Gasteiger partial charge < -0.3 is 9.80 Å². The van der Waals surface area contributed by atoms with Crippen molar-refractivity contribution in [2.45, 2.75) is 70.4 Å². The van der Waals surface area contributed by atoms with Gasteiger partial charge in [-0.1, -0.05) is 31.2 Å². The molecule has 1 aliphatic carbocycles. The van der Waals surface area contributed by atoms with E-state index in [1.54, 1.807) is 18.2 Å². The highest BCUT2D eigenvalue weighted by Crippen LogP contribution is 2.53. The Balaban J connectivity index is 1.14. The molecule has 2 nitrogen and oxygen atoms in total. The van der Waals surface area contributed by atoms with E-state index in [1.165, 1.54) is 18.6 Å². The highest BCUT2D eigenvalue weighted by Gasteiger charge is 2.58. The van der Waals surface area contributed by atoms with Crippen LogP contribution in [0.2, 0.25) is 0 Å². The summed E-state index contributed by atoms with van der Waals surface area (Å²) in [5.41, 5.74) is 1.41. The van der Waals surface area contributed by atoms with Crippen LogP contribution in [-0.2, 0) is 6.42 Å². The molecule has 39 heavy (non-hydrogen) atoms. The first kappa shape index (κ1) is 28.1. The second-order valence-corrected chi connectivity index (χ2v) is 11.9. The summed E-state index contributed by atoms with van der Waals surface area (Å²) in [6.45, 7) is 7.39. The van der Waals surface area contributed by atoms with E-state index in [4.69, 9.17) is 0 Å². The molecule has 3 fully saturated rings. The normalized spacial score (nSPS) is 20.6. The summed E-state index contributed by atoms with van der Waals surface area (Å²) in [5, 5.41) is 0. The number of nitrogens with zero attached hydrogens (tertiary/aromatic N) is 2. The molecule has 0 unspecified atom stereocenters. The molecule has 2 aromatic rings. The fourth-order valence-corrected chi connectivity index (χ4v) is 6.57. The number of halogens is 5. The van der Waals surface area contributed by atoms with Crippen molar-refractivity contribution in [3.8, 4) is 11.1 Å². The fraction of sp³-hybridized carbons (Fsp3) is 0.562. The number of hydrogen-bond acceptors (Lipinski definition) is 2. The number of aryl methyl sites for hydroxylation is 1. The second kappa shape index (κ2) is 11.6. The third kappa shape index (κ3) is 6.18. The Labute approximate surface area is 228 Å². The Bertz CT molecular complexity index is 1160. The lowest BCUT2D eigenvalue weighted by molar-refractivity contribution is -0.256. The summed E-state index contributed by atoms with van der Waals surface area (Å²) >= 11 is 0. The van der Waals surface area contributed by atoms with Crippen molar-refractivity contribution in [1.82, 2.24) is 9.80 Å². The molecule has 7 heteroatoms. The van der Waals surface area contributed by atoms with Gasteiger partial charge in [-0.2, -0.15) is 13.2 Å². The van der Waals surface area contributed by atoms with Gasteiger partial charge in [-0.3, -0.25) is 0 Å². The minimum absolute atomic E-state index is 0.129.